The third-order valence-electron chi connectivity index (χ3n) is 8.44. The minimum absolute atomic E-state index is 0.206. The predicted octanol–water partition coefficient (Wildman–Crippen LogP) is 6.26. The normalized spacial score (nSPS) is 29.5. The molecule has 154 valence electrons. The van der Waals surface area contributed by atoms with Gasteiger partial charge in [0.25, 0.3) is 0 Å². The second-order valence-corrected chi connectivity index (χ2v) is 10.3. The molecule has 0 aromatic heterocycles. The molecule has 4 saturated carbocycles. The molecular formula is C27H31N3. The minimum atomic E-state index is 0.206. The molecule has 0 saturated heterocycles. The van der Waals surface area contributed by atoms with Crippen LogP contribution in [0.1, 0.15) is 38.5 Å². The zero-order chi connectivity index (χ0) is 20.5. The second-order valence-electron chi connectivity index (χ2n) is 10.3. The molecule has 4 aliphatic rings. The van der Waals surface area contributed by atoms with Gasteiger partial charge in [0, 0.05) is 25.0 Å². The van der Waals surface area contributed by atoms with Crippen LogP contribution in [0.4, 0.5) is 5.69 Å². The van der Waals surface area contributed by atoms with Crippen LogP contribution >= 0.6 is 0 Å². The van der Waals surface area contributed by atoms with Crippen molar-refractivity contribution in [3.63, 3.8) is 0 Å². The lowest BCUT2D eigenvalue weighted by atomic mass is 9.52. The van der Waals surface area contributed by atoms with Crippen molar-refractivity contribution < 1.29 is 0 Å². The molecule has 0 amide bonds. The maximum atomic E-state index is 9.16. The van der Waals surface area contributed by atoms with E-state index in [1.54, 1.807) is 0 Å². The Morgan fingerprint density at radius 2 is 1.37 bits per heavy atom. The smallest absolute Gasteiger partial charge is 0.198 e. The van der Waals surface area contributed by atoms with Crippen LogP contribution in [0.15, 0.2) is 54.6 Å². The first kappa shape index (κ1) is 18.2. The van der Waals surface area contributed by atoms with E-state index < -0.39 is 0 Å². The molecular weight excluding hydrogens is 366 g/mol. The molecule has 4 aliphatic carbocycles. The van der Waals surface area contributed by atoms with Crippen LogP contribution in [-0.2, 0) is 0 Å². The van der Waals surface area contributed by atoms with Gasteiger partial charge in [-0.15, -0.1) is 0 Å². The number of anilines is 1. The zero-order valence-electron chi connectivity index (χ0n) is 18.1. The Labute approximate surface area is 179 Å². The Morgan fingerprint density at radius 3 is 2.00 bits per heavy atom. The van der Waals surface area contributed by atoms with Crippen molar-refractivity contribution in [2.45, 2.75) is 44.1 Å². The highest BCUT2D eigenvalue weighted by atomic mass is 15.4. The van der Waals surface area contributed by atoms with Crippen molar-refractivity contribution in [2.75, 3.05) is 19.0 Å². The lowest BCUT2D eigenvalue weighted by Gasteiger charge is -2.60. The van der Waals surface area contributed by atoms with Crippen molar-refractivity contribution in [1.29, 1.82) is 5.41 Å². The van der Waals surface area contributed by atoms with Gasteiger partial charge in [-0.3, -0.25) is 5.41 Å². The van der Waals surface area contributed by atoms with Crippen molar-refractivity contribution in [2.24, 2.45) is 17.8 Å². The van der Waals surface area contributed by atoms with Crippen molar-refractivity contribution in [3.8, 4) is 0 Å². The molecule has 1 N–H and O–H groups in total. The summed E-state index contributed by atoms with van der Waals surface area (Å²) in [7, 11) is 4.26. The molecule has 4 fully saturated rings. The first-order valence-electron chi connectivity index (χ1n) is 11.5. The van der Waals surface area contributed by atoms with E-state index in [0.717, 1.165) is 23.4 Å². The van der Waals surface area contributed by atoms with Gasteiger partial charge in [-0.1, -0.05) is 36.4 Å². The highest BCUT2D eigenvalue weighted by Crippen LogP contribution is 2.57. The van der Waals surface area contributed by atoms with Crippen LogP contribution < -0.4 is 4.90 Å². The Kier molecular flexibility index (Phi) is 3.93. The van der Waals surface area contributed by atoms with E-state index in [0.29, 0.717) is 5.96 Å². The van der Waals surface area contributed by atoms with Gasteiger partial charge in [-0.05, 0) is 90.6 Å². The van der Waals surface area contributed by atoms with E-state index in [-0.39, 0.29) is 5.54 Å². The minimum Gasteiger partial charge on any atom is -0.340 e. The summed E-state index contributed by atoms with van der Waals surface area (Å²) in [6.45, 7) is 0. The Morgan fingerprint density at radius 1 is 0.800 bits per heavy atom. The fourth-order valence-electron chi connectivity index (χ4n) is 7.28. The number of hydrogen-bond acceptors (Lipinski definition) is 1. The summed E-state index contributed by atoms with van der Waals surface area (Å²) in [5.41, 5.74) is 1.33. The van der Waals surface area contributed by atoms with Crippen LogP contribution in [0, 0.1) is 23.2 Å². The van der Waals surface area contributed by atoms with E-state index in [9.17, 15) is 0 Å². The molecule has 3 nitrogen and oxygen atoms in total. The molecule has 30 heavy (non-hydrogen) atoms. The van der Waals surface area contributed by atoms with Gasteiger partial charge in [0.2, 0.25) is 0 Å². The number of guanidine groups is 1. The quantitative estimate of drug-likeness (QED) is 0.314. The summed E-state index contributed by atoms with van der Waals surface area (Å²) >= 11 is 0. The summed E-state index contributed by atoms with van der Waals surface area (Å²) in [4.78, 5) is 4.45. The highest BCUT2D eigenvalue weighted by molar-refractivity contribution is 6.08. The molecule has 0 unspecified atom stereocenters. The Bertz CT molecular complexity index is 1110. The van der Waals surface area contributed by atoms with Crippen molar-refractivity contribution in [3.05, 3.63) is 54.6 Å². The fourth-order valence-corrected chi connectivity index (χ4v) is 7.28. The van der Waals surface area contributed by atoms with Crippen LogP contribution in [0.5, 0.6) is 0 Å². The largest absolute Gasteiger partial charge is 0.340 e. The van der Waals surface area contributed by atoms with E-state index in [1.165, 1.54) is 60.1 Å². The SMILES string of the molecule is CN(C(=N)N(C)C12CC3CC(CC(C3)C1)C2)c1cccc2cc3ccccc3cc12. The van der Waals surface area contributed by atoms with E-state index >= 15 is 0 Å². The molecule has 3 heteroatoms. The molecule has 7 rings (SSSR count). The topological polar surface area (TPSA) is 30.3 Å². The van der Waals surface area contributed by atoms with Gasteiger partial charge in [-0.2, -0.15) is 0 Å². The van der Waals surface area contributed by atoms with Crippen LogP contribution in [0.2, 0.25) is 0 Å². The zero-order valence-corrected chi connectivity index (χ0v) is 18.1. The van der Waals surface area contributed by atoms with Crippen LogP contribution in [0.25, 0.3) is 21.5 Å². The average molecular weight is 398 g/mol. The molecule has 0 aliphatic heterocycles. The van der Waals surface area contributed by atoms with Gasteiger partial charge in [0.15, 0.2) is 5.96 Å². The number of nitrogens with zero attached hydrogens (tertiary/aromatic N) is 2. The van der Waals surface area contributed by atoms with Crippen LogP contribution in [-0.4, -0.2) is 30.5 Å². The number of nitrogens with one attached hydrogen (secondary N) is 1. The summed E-state index contributed by atoms with van der Waals surface area (Å²) in [5.74, 6) is 3.31. The molecule has 3 aromatic carbocycles. The van der Waals surface area contributed by atoms with Gasteiger partial charge in [-0.25, -0.2) is 0 Å². The van der Waals surface area contributed by atoms with Gasteiger partial charge in [0.1, 0.15) is 0 Å². The summed E-state index contributed by atoms with van der Waals surface area (Å²) < 4.78 is 0. The van der Waals surface area contributed by atoms with E-state index in [1.807, 2.05) is 0 Å². The van der Waals surface area contributed by atoms with Gasteiger partial charge in [0.05, 0.1) is 5.69 Å². The summed E-state index contributed by atoms with van der Waals surface area (Å²) in [5, 5.41) is 14.2. The summed E-state index contributed by atoms with van der Waals surface area (Å²) in [6.07, 6.45) is 8.16. The highest BCUT2D eigenvalue weighted by Gasteiger charge is 2.53. The molecule has 0 radical (unpaired) electrons. The van der Waals surface area contributed by atoms with Crippen molar-refractivity contribution >= 4 is 33.2 Å². The van der Waals surface area contributed by atoms with Crippen LogP contribution in [0.3, 0.4) is 0 Å². The second kappa shape index (κ2) is 6.47. The standard InChI is InChI=1S/C27H31N3/c1-29(25-9-5-8-23-13-21-6-3-4-7-22(21)14-24(23)25)26(28)30(2)27-15-18-10-19(16-27)12-20(11-18)17-27/h3-9,13-14,18-20,28H,10-12,15-17H2,1-2H3. The maximum absolute atomic E-state index is 9.16. The van der Waals surface area contributed by atoms with E-state index in [4.69, 9.17) is 5.41 Å². The first-order chi connectivity index (χ1) is 14.5. The lowest BCUT2D eigenvalue weighted by molar-refractivity contribution is -0.0553. The fraction of sp³-hybridized carbons (Fsp3) is 0.444. The Hall–Kier alpha value is -2.55. The molecule has 0 spiro atoms. The number of hydrogen-bond donors (Lipinski definition) is 1. The van der Waals surface area contributed by atoms with Crippen molar-refractivity contribution in [1.82, 2.24) is 4.90 Å². The van der Waals surface area contributed by atoms with Gasteiger partial charge < -0.3 is 9.80 Å². The molecule has 3 aromatic rings. The molecule has 4 bridgehead atoms. The third kappa shape index (κ3) is 2.67. The maximum Gasteiger partial charge on any atom is 0.198 e. The third-order valence-corrected chi connectivity index (χ3v) is 8.44. The number of rotatable bonds is 2. The summed E-state index contributed by atoms with van der Waals surface area (Å²) in [6, 6.07) is 19.6. The van der Waals surface area contributed by atoms with E-state index in [2.05, 4.69) is 78.5 Å². The first-order valence-corrected chi connectivity index (χ1v) is 11.5. The number of fused-ring (bicyclic) bond motifs is 2. The molecule has 0 atom stereocenters. The average Bonchev–Trinajstić information content (AvgIpc) is 2.75. The monoisotopic (exact) mass is 397 g/mol. The van der Waals surface area contributed by atoms with Gasteiger partial charge >= 0.3 is 0 Å². The Balaban J connectivity index is 1.36. The lowest BCUT2D eigenvalue weighted by Crippen LogP contribution is -2.62. The predicted molar refractivity (Wildman–Crippen MR) is 126 cm³/mol. The number of benzene rings is 3. The molecule has 0 heterocycles.